The van der Waals surface area contributed by atoms with Gasteiger partial charge in [-0.25, -0.2) is 0 Å². The molecule has 0 spiro atoms. The van der Waals surface area contributed by atoms with E-state index >= 15 is 0 Å². The minimum absolute atomic E-state index is 0.761. The lowest BCUT2D eigenvalue weighted by atomic mass is 10.2. The summed E-state index contributed by atoms with van der Waals surface area (Å²) in [6.45, 7) is 2.73. The van der Waals surface area contributed by atoms with Gasteiger partial charge >= 0.3 is 0 Å². The third kappa shape index (κ3) is 2.63. The molecule has 0 fully saturated rings. The van der Waals surface area contributed by atoms with Gasteiger partial charge in [-0.2, -0.15) is 0 Å². The van der Waals surface area contributed by atoms with Gasteiger partial charge in [0.25, 0.3) is 0 Å². The molecule has 0 aliphatic rings. The summed E-state index contributed by atoms with van der Waals surface area (Å²) >= 11 is 4.62. The molecule has 0 bridgehead atoms. The second-order valence-corrected chi connectivity index (χ2v) is 2.54. The molecule has 0 atom stereocenters. The maximum absolute atomic E-state index is 4.62. The molecule has 11 heavy (non-hydrogen) atoms. The monoisotopic (exact) mass is 166 g/mol. The molecule has 58 valence electrons. The molecule has 0 aliphatic heterocycles. The lowest BCUT2D eigenvalue weighted by Gasteiger charge is -1.99. The Morgan fingerprint density at radius 1 is 1.64 bits per heavy atom. The highest BCUT2D eigenvalue weighted by Gasteiger charge is 1.89. The van der Waals surface area contributed by atoms with Crippen LogP contribution >= 0.6 is 12.2 Å². The normalized spacial score (nSPS) is 9.18. The van der Waals surface area contributed by atoms with Crippen LogP contribution in [0.15, 0.2) is 18.3 Å². The minimum Gasteiger partial charge on any atom is -0.378 e. The Morgan fingerprint density at radius 2 is 2.45 bits per heavy atom. The molecule has 1 heterocycles. The summed E-state index contributed by atoms with van der Waals surface area (Å²) in [6, 6.07) is 4.02. The summed E-state index contributed by atoms with van der Waals surface area (Å²) in [7, 11) is 0. The number of pyridine rings is 1. The second kappa shape index (κ2) is 4.03. The van der Waals surface area contributed by atoms with Crippen molar-refractivity contribution in [2.24, 2.45) is 0 Å². The smallest absolute Gasteiger partial charge is 0.0617 e. The first-order valence-electron chi connectivity index (χ1n) is 3.41. The molecule has 2 nitrogen and oxygen atoms in total. The molecule has 0 aromatic carbocycles. The van der Waals surface area contributed by atoms with Gasteiger partial charge in [0.05, 0.1) is 5.49 Å². The highest BCUT2D eigenvalue weighted by atomic mass is 32.1. The Kier molecular flexibility index (Phi) is 2.98. The standard InChI is InChI=1S/C8H10N2S/c1-7-2-3-8(5-10-7)4-9-6-11/h2-3,5-6H,4H2,1H3,(H,9,11). The summed E-state index contributed by atoms with van der Waals surface area (Å²) in [5, 5.41) is 2.93. The molecular formula is C8H10N2S. The van der Waals surface area contributed by atoms with Crippen LogP contribution in [-0.2, 0) is 6.54 Å². The van der Waals surface area contributed by atoms with E-state index in [1.807, 2.05) is 25.3 Å². The lowest BCUT2D eigenvalue weighted by Crippen LogP contribution is -2.08. The van der Waals surface area contributed by atoms with E-state index in [0.717, 1.165) is 17.8 Å². The van der Waals surface area contributed by atoms with Crippen LogP contribution in [0.3, 0.4) is 0 Å². The zero-order chi connectivity index (χ0) is 8.10. The van der Waals surface area contributed by atoms with Crippen LogP contribution in [-0.4, -0.2) is 10.5 Å². The number of hydrogen-bond acceptors (Lipinski definition) is 2. The minimum atomic E-state index is 0.761. The lowest BCUT2D eigenvalue weighted by molar-refractivity contribution is 0.929. The Hall–Kier alpha value is -0.960. The molecule has 0 radical (unpaired) electrons. The summed E-state index contributed by atoms with van der Waals surface area (Å²) in [4.78, 5) is 4.14. The number of thiocarbonyl (C=S) groups is 1. The first kappa shape index (κ1) is 8.14. The van der Waals surface area contributed by atoms with Crippen LogP contribution in [0.2, 0.25) is 0 Å². The Labute approximate surface area is 71.7 Å². The molecule has 3 heteroatoms. The molecule has 0 saturated carbocycles. The highest BCUT2D eigenvalue weighted by Crippen LogP contribution is 1.97. The van der Waals surface area contributed by atoms with Crippen molar-refractivity contribution in [3.63, 3.8) is 0 Å². The van der Waals surface area contributed by atoms with E-state index in [2.05, 4.69) is 22.5 Å². The van der Waals surface area contributed by atoms with Gasteiger partial charge in [-0.3, -0.25) is 4.98 Å². The average Bonchev–Trinajstić information content (AvgIpc) is 2.04. The summed E-state index contributed by atoms with van der Waals surface area (Å²) < 4.78 is 0. The van der Waals surface area contributed by atoms with Crippen molar-refractivity contribution in [2.45, 2.75) is 13.5 Å². The number of nitrogens with zero attached hydrogens (tertiary/aromatic N) is 1. The van der Waals surface area contributed by atoms with Crippen molar-refractivity contribution in [1.82, 2.24) is 10.3 Å². The van der Waals surface area contributed by atoms with Crippen LogP contribution in [0.5, 0.6) is 0 Å². The second-order valence-electron chi connectivity index (χ2n) is 2.31. The van der Waals surface area contributed by atoms with Gasteiger partial charge in [0, 0.05) is 18.4 Å². The Bertz CT molecular complexity index is 230. The van der Waals surface area contributed by atoms with Crippen molar-refractivity contribution < 1.29 is 0 Å². The molecule has 1 aromatic heterocycles. The number of rotatable bonds is 3. The topological polar surface area (TPSA) is 24.9 Å². The van der Waals surface area contributed by atoms with E-state index in [1.165, 1.54) is 5.49 Å². The van der Waals surface area contributed by atoms with E-state index in [-0.39, 0.29) is 0 Å². The maximum Gasteiger partial charge on any atom is 0.0617 e. The molecule has 0 aliphatic carbocycles. The SMILES string of the molecule is Cc1ccc(CNC=S)cn1. The number of hydrogen-bond donors (Lipinski definition) is 1. The van der Waals surface area contributed by atoms with Crippen molar-refractivity contribution >= 4 is 17.7 Å². The van der Waals surface area contributed by atoms with Crippen LogP contribution in [0, 0.1) is 6.92 Å². The first-order chi connectivity index (χ1) is 5.33. The molecular weight excluding hydrogens is 156 g/mol. The number of aromatic nitrogens is 1. The predicted octanol–water partition coefficient (Wildman–Crippen LogP) is 1.44. The quantitative estimate of drug-likeness (QED) is 0.688. The van der Waals surface area contributed by atoms with Gasteiger partial charge in [-0.05, 0) is 18.6 Å². The van der Waals surface area contributed by atoms with Crippen LogP contribution in [0.1, 0.15) is 11.3 Å². The largest absolute Gasteiger partial charge is 0.378 e. The zero-order valence-electron chi connectivity index (χ0n) is 6.37. The molecule has 1 aromatic rings. The van der Waals surface area contributed by atoms with Gasteiger partial charge in [-0.1, -0.05) is 18.3 Å². The molecule has 1 N–H and O–H groups in total. The van der Waals surface area contributed by atoms with E-state index in [1.54, 1.807) is 0 Å². The van der Waals surface area contributed by atoms with Gasteiger partial charge in [-0.15, -0.1) is 0 Å². The molecule has 1 rings (SSSR count). The van der Waals surface area contributed by atoms with Gasteiger partial charge in [0.1, 0.15) is 0 Å². The molecule has 0 saturated heterocycles. The van der Waals surface area contributed by atoms with E-state index in [4.69, 9.17) is 0 Å². The summed E-state index contributed by atoms with van der Waals surface area (Å²) in [5.41, 5.74) is 3.70. The van der Waals surface area contributed by atoms with Crippen LogP contribution in [0.4, 0.5) is 0 Å². The fourth-order valence-electron chi connectivity index (χ4n) is 0.763. The van der Waals surface area contributed by atoms with Crippen molar-refractivity contribution in [3.05, 3.63) is 29.6 Å². The maximum atomic E-state index is 4.62. The van der Waals surface area contributed by atoms with Crippen LogP contribution < -0.4 is 5.32 Å². The fourth-order valence-corrected chi connectivity index (χ4v) is 0.846. The van der Waals surface area contributed by atoms with Crippen molar-refractivity contribution in [3.8, 4) is 0 Å². The number of aryl methyl sites for hydroxylation is 1. The van der Waals surface area contributed by atoms with E-state index in [0.29, 0.717) is 0 Å². The van der Waals surface area contributed by atoms with Crippen molar-refractivity contribution in [1.29, 1.82) is 0 Å². The third-order valence-corrected chi connectivity index (χ3v) is 1.53. The van der Waals surface area contributed by atoms with E-state index < -0.39 is 0 Å². The fraction of sp³-hybridized carbons (Fsp3) is 0.250. The summed E-state index contributed by atoms with van der Waals surface area (Å²) in [5.74, 6) is 0. The van der Waals surface area contributed by atoms with Gasteiger partial charge in [0.2, 0.25) is 0 Å². The van der Waals surface area contributed by atoms with E-state index in [9.17, 15) is 0 Å². The van der Waals surface area contributed by atoms with Gasteiger partial charge < -0.3 is 5.32 Å². The molecule has 0 unspecified atom stereocenters. The van der Waals surface area contributed by atoms with Crippen LogP contribution in [0.25, 0.3) is 0 Å². The average molecular weight is 166 g/mol. The van der Waals surface area contributed by atoms with Crippen molar-refractivity contribution in [2.75, 3.05) is 0 Å². The molecule has 0 amide bonds. The Balaban J connectivity index is 2.58. The zero-order valence-corrected chi connectivity index (χ0v) is 7.19. The predicted molar refractivity (Wildman–Crippen MR) is 49.5 cm³/mol. The highest BCUT2D eigenvalue weighted by molar-refractivity contribution is 7.78. The Morgan fingerprint density at radius 3 is 3.00 bits per heavy atom. The van der Waals surface area contributed by atoms with Gasteiger partial charge in [0.15, 0.2) is 0 Å². The first-order valence-corrected chi connectivity index (χ1v) is 3.88. The summed E-state index contributed by atoms with van der Waals surface area (Å²) in [6.07, 6.45) is 1.85. The third-order valence-electron chi connectivity index (χ3n) is 1.36. The number of nitrogens with one attached hydrogen (secondary N) is 1.